The Kier molecular flexibility index (Phi) is 7.68. The SMILES string of the molecule is O=S(=O)(O)CCOCCOCCS. The topological polar surface area (TPSA) is 72.8 Å². The molecule has 0 saturated heterocycles. The molecular weight excluding hydrogens is 216 g/mol. The summed E-state index contributed by atoms with van der Waals surface area (Å²) in [5.74, 6) is 0.268. The Morgan fingerprint density at radius 2 is 1.62 bits per heavy atom. The Bertz CT molecular complexity index is 201. The van der Waals surface area contributed by atoms with Gasteiger partial charge in [0.1, 0.15) is 0 Å². The molecule has 0 unspecified atom stereocenters. The highest BCUT2D eigenvalue weighted by Crippen LogP contribution is 1.84. The Hall–Kier alpha value is 0.180. The van der Waals surface area contributed by atoms with Crippen LogP contribution in [0.5, 0.6) is 0 Å². The number of rotatable bonds is 8. The van der Waals surface area contributed by atoms with E-state index in [0.29, 0.717) is 25.6 Å². The molecule has 0 spiro atoms. The van der Waals surface area contributed by atoms with E-state index in [4.69, 9.17) is 14.0 Å². The lowest BCUT2D eigenvalue weighted by Crippen LogP contribution is -2.13. The van der Waals surface area contributed by atoms with Crippen molar-refractivity contribution in [2.45, 2.75) is 0 Å². The number of hydrogen-bond acceptors (Lipinski definition) is 5. The van der Waals surface area contributed by atoms with Gasteiger partial charge in [-0.15, -0.1) is 0 Å². The van der Waals surface area contributed by atoms with Gasteiger partial charge in [0.2, 0.25) is 0 Å². The van der Waals surface area contributed by atoms with Gasteiger partial charge in [0.05, 0.1) is 32.2 Å². The maximum atomic E-state index is 10.2. The molecule has 0 aliphatic carbocycles. The van der Waals surface area contributed by atoms with Crippen LogP contribution in [0.25, 0.3) is 0 Å². The van der Waals surface area contributed by atoms with Crippen molar-refractivity contribution < 1.29 is 22.4 Å². The van der Waals surface area contributed by atoms with Gasteiger partial charge in [0.25, 0.3) is 10.1 Å². The van der Waals surface area contributed by atoms with E-state index in [2.05, 4.69) is 12.6 Å². The summed E-state index contributed by atoms with van der Waals surface area (Å²) in [6.45, 7) is 1.27. The van der Waals surface area contributed by atoms with Crippen LogP contribution in [-0.2, 0) is 19.6 Å². The van der Waals surface area contributed by atoms with Crippen molar-refractivity contribution in [3.05, 3.63) is 0 Å². The summed E-state index contributed by atoms with van der Waals surface area (Å²) in [6, 6.07) is 0. The van der Waals surface area contributed by atoms with Crippen LogP contribution in [0.15, 0.2) is 0 Å². The third-order valence-corrected chi connectivity index (χ3v) is 1.96. The van der Waals surface area contributed by atoms with Gasteiger partial charge in [-0.25, -0.2) is 0 Å². The predicted octanol–water partition coefficient (Wildman–Crippen LogP) is -0.163. The van der Waals surface area contributed by atoms with Crippen molar-refractivity contribution in [1.82, 2.24) is 0 Å². The largest absolute Gasteiger partial charge is 0.378 e. The highest BCUT2D eigenvalue weighted by Gasteiger charge is 2.02. The lowest BCUT2D eigenvalue weighted by atomic mass is 10.7. The van der Waals surface area contributed by atoms with E-state index >= 15 is 0 Å². The summed E-state index contributed by atoms with van der Waals surface area (Å²) in [5, 5.41) is 0. The van der Waals surface area contributed by atoms with E-state index in [1.54, 1.807) is 0 Å². The molecule has 0 radical (unpaired) electrons. The summed E-state index contributed by atoms with van der Waals surface area (Å²) in [4.78, 5) is 0. The van der Waals surface area contributed by atoms with Gasteiger partial charge in [-0.2, -0.15) is 21.0 Å². The summed E-state index contributed by atoms with van der Waals surface area (Å²) in [6.07, 6.45) is 0. The fourth-order valence-electron chi connectivity index (χ4n) is 0.551. The van der Waals surface area contributed by atoms with Gasteiger partial charge in [0.15, 0.2) is 0 Å². The zero-order valence-corrected chi connectivity index (χ0v) is 8.89. The molecule has 7 heteroatoms. The Balaban J connectivity index is 3.09. The molecule has 0 atom stereocenters. The first-order valence-corrected chi connectivity index (χ1v) is 6.02. The second-order valence-electron chi connectivity index (χ2n) is 2.23. The standard InChI is InChI=1S/C6H14O5S2/c7-13(8,9)6-4-11-2-1-10-3-5-12/h12H,1-6H2,(H,7,8,9). The summed E-state index contributed by atoms with van der Waals surface area (Å²) in [5.41, 5.74) is 0. The van der Waals surface area contributed by atoms with Gasteiger partial charge >= 0.3 is 0 Å². The van der Waals surface area contributed by atoms with Crippen LogP contribution in [0.1, 0.15) is 0 Å². The van der Waals surface area contributed by atoms with Crippen LogP contribution in [0.4, 0.5) is 0 Å². The van der Waals surface area contributed by atoms with Crippen molar-refractivity contribution in [3.63, 3.8) is 0 Å². The highest BCUT2D eigenvalue weighted by atomic mass is 32.2. The molecule has 0 heterocycles. The highest BCUT2D eigenvalue weighted by molar-refractivity contribution is 7.85. The van der Waals surface area contributed by atoms with Crippen LogP contribution in [0, 0.1) is 0 Å². The monoisotopic (exact) mass is 230 g/mol. The average Bonchev–Trinajstić information content (AvgIpc) is 2.01. The molecule has 0 rings (SSSR count). The number of thiol groups is 1. The Morgan fingerprint density at radius 1 is 1.08 bits per heavy atom. The molecule has 80 valence electrons. The minimum atomic E-state index is -3.90. The van der Waals surface area contributed by atoms with E-state index < -0.39 is 10.1 Å². The summed E-state index contributed by atoms with van der Waals surface area (Å²) in [7, 11) is -3.90. The molecular formula is C6H14O5S2. The Labute approximate surface area is 83.6 Å². The van der Waals surface area contributed by atoms with Crippen molar-refractivity contribution in [2.24, 2.45) is 0 Å². The smallest absolute Gasteiger partial charge is 0.267 e. The second-order valence-corrected chi connectivity index (χ2v) is 4.25. The zero-order valence-electron chi connectivity index (χ0n) is 7.18. The molecule has 0 saturated carbocycles. The normalized spacial score (nSPS) is 11.8. The molecule has 0 aromatic carbocycles. The predicted molar refractivity (Wildman–Crippen MR) is 51.9 cm³/mol. The van der Waals surface area contributed by atoms with Gasteiger partial charge in [-0.05, 0) is 0 Å². The molecule has 0 amide bonds. The maximum Gasteiger partial charge on any atom is 0.267 e. The molecule has 0 bridgehead atoms. The van der Waals surface area contributed by atoms with Gasteiger partial charge < -0.3 is 9.47 Å². The first-order chi connectivity index (χ1) is 6.06. The minimum absolute atomic E-state index is 0.0108. The van der Waals surface area contributed by atoms with Crippen molar-refractivity contribution in [1.29, 1.82) is 0 Å². The minimum Gasteiger partial charge on any atom is -0.378 e. The molecule has 0 aliphatic heterocycles. The van der Waals surface area contributed by atoms with E-state index in [1.165, 1.54) is 0 Å². The van der Waals surface area contributed by atoms with Crippen LogP contribution < -0.4 is 0 Å². The molecule has 1 N–H and O–H groups in total. The van der Waals surface area contributed by atoms with Crippen LogP contribution in [-0.4, -0.2) is 50.9 Å². The molecule has 0 fully saturated rings. The maximum absolute atomic E-state index is 10.2. The average molecular weight is 230 g/mol. The van der Waals surface area contributed by atoms with Crippen LogP contribution in [0.2, 0.25) is 0 Å². The van der Waals surface area contributed by atoms with Gasteiger partial charge in [-0.1, -0.05) is 0 Å². The number of ether oxygens (including phenoxy) is 2. The van der Waals surface area contributed by atoms with Gasteiger partial charge in [-0.3, -0.25) is 4.55 Å². The van der Waals surface area contributed by atoms with E-state index in [1.807, 2.05) is 0 Å². The van der Waals surface area contributed by atoms with Crippen LogP contribution >= 0.6 is 12.6 Å². The van der Waals surface area contributed by atoms with Crippen molar-refractivity contribution in [3.8, 4) is 0 Å². The van der Waals surface area contributed by atoms with Gasteiger partial charge in [0, 0.05) is 5.75 Å². The summed E-state index contributed by atoms with van der Waals surface area (Å²) >= 11 is 3.92. The third kappa shape index (κ3) is 12.2. The molecule has 13 heavy (non-hydrogen) atoms. The number of hydrogen-bond donors (Lipinski definition) is 2. The van der Waals surface area contributed by atoms with Crippen molar-refractivity contribution >= 4 is 22.7 Å². The molecule has 5 nitrogen and oxygen atoms in total. The summed E-state index contributed by atoms with van der Waals surface area (Å²) < 4.78 is 38.6. The van der Waals surface area contributed by atoms with E-state index in [-0.39, 0.29) is 12.4 Å². The van der Waals surface area contributed by atoms with Crippen molar-refractivity contribution in [2.75, 3.05) is 37.9 Å². The van der Waals surface area contributed by atoms with E-state index in [0.717, 1.165) is 0 Å². The second kappa shape index (κ2) is 7.57. The van der Waals surface area contributed by atoms with Crippen LogP contribution in [0.3, 0.4) is 0 Å². The third-order valence-electron chi connectivity index (χ3n) is 1.09. The molecule has 0 aromatic rings. The quantitative estimate of drug-likeness (QED) is 0.344. The van der Waals surface area contributed by atoms with E-state index in [9.17, 15) is 8.42 Å². The Morgan fingerprint density at radius 3 is 2.08 bits per heavy atom. The lowest BCUT2D eigenvalue weighted by molar-refractivity contribution is 0.0598. The zero-order chi connectivity index (χ0) is 10.2. The molecule has 0 aromatic heterocycles. The fourth-order valence-corrected chi connectivity index (χ4v) is 1.01. The first kappa shape index (κ1) is 13.2. The lowest BCUT2D eigenvalue weighted by Gasteiger charge is -2.03. The molecule has 0 aliphatic rings. The fraction of sp³-hybridized carbons (Fsp3) is 1.00. The first-order valence-electron chi connectivity index (χ1n) is 3.78.